The molecule has 5 rings (SSSR count). The Hall–Kier alpha value is -5.10. The Morgan fingerprint density at radius 3 is 1.38 bits per heavy atom. The molecule has 0 N–H and O–H groups in total. The molecule has 6 heteroatoms. The van der Waals surface area contributed by atoms with Gasteiger partial charge in [-0.25, -0.2) is 9.59 Å². The third kappa shape index (κ3) is 7.71. The maximum absolute atomic E-state index is 11.1. The van der Waals surface area contributed by atoms with E-state index in [2.05, 4.69) is 80.7 Å². The molecule has 6 nitrogen and oxygen atoms in total. The van der Waals surface area contributed by atoms with Crippen molar-refractivity contribution in [1.82, 2.24) is 0 Å². The first-order valence-electron chi connectivity index (χ1n) is 15.3. The minimum Gasteiger partial charge on any atom is -0.493 e. The summed E-state index contributed by atoms with van der Waals surface area (Å²) in [6.45, 7) is 10.6. The molecule has 1 aliphatic rings. The number of ether oxygens (including phenoxy) is 4. The van der Waals surface area contributed by atoms with Crippen molar-refractivity contribution in [3.8, 4) is 44.9 Å². The Bertz CT molecular complexity index is 1530. The predicted octanol–water partition coefficient (Wildman–Crippen LogP) is 8.54. The molecule has 0 fully saturated rings. The topological polar surface area (TPSA) is 71.1 Å². The Morgan fingerprint density at radius 2 is 1.00 bits per heavy atom. The van der Waals surface area contributed by atoms with E-state index in [0.29, 0.717) is 45.2 Å². The van der Waals surface area contributed by atoms with Gasteiger partial charge in [0.05, 0.1) is 26.4 Å². The molecule has 0 atom stereocenters. The molecule has 0 unspecified atom stereocenters. The van der Waals surface area contributed by atoms with Crippen LogP contribution in [0.1, 0.15) is 43.2 Å². The van der Waals surface area contributed by atoms with E-state index in [0.717, 1.165) is 41.2 Å². The SMILES string of the molecule is C=CC(=O)OCCCOc1ccc(-c2ccc3c(c2)C(CC)c2cc(-c4ccc(OCCCOC(=O)C=C)cc4)ccc2-3)cc1. The zero-order valence-electron chi connectivity index (χ0n) is 25.6. The van der Waals surface area contributed by atoms with Crippen LogP contribution in [-0.2, 0) is 19.1 Å². The number of hydrogen-bond donors (Lipinski definition) is 0. The third-order valence-electron chi connectivity index (χ3n) is 7.86. The van der Waals surface area contributed by atoms with Gasteiger partial charge in [-0.3, -0.25) is 0 Å². The van der Waals surface area contributed by atoms with Crippen LogP contribution in [0.15, 0.2) is 110 Å². The summed E-state index contributed by atoms with van der Waals surface area (Å²) < 4.78 is 21.6. The number of esters is 2. The van der Waals surface area contributed by atoms with Crippen molar-refractivity contribution in [2.45, 2.75) is 32.1 Å². The summed E-state index contributed by atoms with van der Waals surface area (Å²) in [5, 5.41) is 0. The number of hydrogen-bond acceptors (Lipinski definition) is 6. The summed E-state index contributed by atoms with van der Waals surface area (Å²) in [5.41, 5.74) is 9.94. The minimum atomic E-state index is -0.418. The number of carbonyl (C=O) groups excluding carboxylic acids is 2. The van der Waals surface area contributed by atoms with Crippen LogP contribution in [-0.4, -0.2) is 38.4 Å². The Balaban J connectivity index is 1.22. The molecule has 1 aliphatic carbocycles. The van der Waals surface area contributed by atoms with Gasteiger partial charge in [-0.05, 0) is 87.3 Å². The summed E-state index contributed by atoms with van der Waals surface area (Å²) in [7, 11) is 0. The van der Waals surface area contributed by atoms with Gasteiger partial charge in [0.15, 0.2) is 0 Å². The highest BCUT2D eigenvalue weighted by Crippen LogP contribution is 2.48. The van der Waals surface area contributed by atoms with Gasteiger partial charge in [-0.15, -0.1) is 0 Å². The molecular weight excluding hydrogens is 564 g/mol. The fourth-order valence-corrected chi connectivity index (χ4v) is 5.61. The zero-order chi connectivity index (χ0) is 31.6. The number of rotatable bonds is 15. The maximum atomic E-state index is 11.1. The van der Waals surface area contributed by atoms with Crippen LogP contribution in [0.2, 0.25) is 0 Å². The van der Waals surface area contributed by atoms with E-state index in [1.807, 2.05) is 24.3 Å². The van der Waals surface area contributed by atoms with Gasteiger partial charge in [0, 0.05) is 30.9 Å². The Labute approximate surface area is 264 Å². The van der Waals surface area contributed by atoms with Crippen LogP contribution >= 0.6 is 0 Å². The van der Waals surface area contributed by atoms with Crippen LogP contribution < -0.4 is 9.47 Å². The highest BCUT2D eigenvalue weighted by atomic mass is 16.5. The molecule has 0 saturated heterocycles. The molecule has 0 heterocycles. The molecule has 4 aromatic rings. The van der Waals surface area contributed by atoms with Gasteiger partial charge in [-0.1, -0.05) is 68.6 Å². The molecule has 45 heavy (non-hydrogen) atoms. The standard InChI is InChI=1S/C39H38O6/c1-4-33-36-25-29(27-9-15-31(16-10-27)42-21-7-23-44-38(40)5-2)13-19-34(36)35-20-14-30(26-37(33)35)28-11-17-32(18-12-28)43-22-8-24-45-39(41)6-3/h5-6,9-20,25-26,33H,2-4,7-8,21-24H2,1H3. The van der Waals surface area contributed by atoms with Crippen molar-refractivity contribution in [3.05, 3.63) is 121 Å². The molecule has 0 bridgehead atoms. The summed E-state index contributed by atoms with van der Waals surface area (Å²) >= 11 is 0. The second kappa shape index (κ2) is 15.1. The summed E-state index contributed by atoms with van der Waals surface area (Å²) in [4.78, 5) is 22.3. The second-order valence-electron chi connectivity index (χ2n) is 10.8. The van der Waals surface area contributed by atoms with Gasteiger partial charge in [0.25, 0.3) is 0 Å². The first kappa shape index (κ1) is 31.3. The molecule has 0 aliphatic heterocycles. The lowest BCUT2D eigenvalue weighted by molar-refractivity contribution is -0.138. The van der Waals surface area contributed by atoms with E-state index < -0.39 is 11.9 Å². The Morgan fingerprint density at radius 1 is 0.600 bits per heavy atom. The molecule has 230 valence electrons. The second-order valence-corrected chi connectivity index (χ2v) is 10.8. The van der Waals surface area contributed by atoms with Gasteiger partial charge >= 0.3 is 11.9 Å². The van der Waals surface area contributed by atoms with Crippen molar-refractivity contribution < 1.29 is 28.5 Å². The van der Waals surface area contributed by atoms with E-state index in [9.17, 15) is 9.59 Å². The van der Waals surface area contributed by atoms with Gasteiger partial charge in [-0.2, -0.15) is 0 Å². The molecule has 0 radical (unpaired) electrons. The fourth-order valence-electron chi connectivity index (χ4n) is 5.61. The fraction of sp³-hybridized carbons (Fsp3) is 0.231. The van der Waals surface area contributed by atoms with Gasteiger partial charge in [0.2, 0.25) is 0 Å². The first-order chi connectivity index (χ1) is 22.0. The predicted molar refractivity (Wildman–Crippen MR) is 177 cm³/mol. The molecule has 0 spiro atoms. The van der Waals surface area contributed by atoms with E-state index >= 15 is 0 Å². The van der Waals surface area contributed by atoms with Crippen LogP contribution in [0, 0.1) is 0 Å². The number of benzene rings is 4. The van der Waals surface area contributed by atoms with Crippen LogP contribution in [0.5, 0.6) is 11.5 Å². The van der Waals surface area contributed by atoms with Crippen molar-refractivity contribution in [2.75, 3.05) is 26.4 Å². The molecule has 0 saturated carbocycles. The van der Waals surface area contributed by atoms with Crippen LogP contribution in [0.25, 0.3) is 33.4 Å². The average molecular weight is 603 g/mol. The van der Waals surface area contributed by atoms with Gasteiger partial charge in [0.1, 0.15) is 11.5 Å². The van der Waals surface area contributed by atoms with E-state index in [1.54, 1.807) is 0 Å². The van der Waals surface area contributed by atoms with Crippen molar-refractivity contribution in [1.29, 1.82) is 0 Å². The number of carbonyl (C=O) groups is 2. The largest absolute Gasteiger partial charge is 0.493 e. The van der Waals surface area contributed by atoms with Crippen molar-refractivity contribution >= 4 is 11.9 Å². The lowest BCUT2D eigenvalue weighted by Gasteiger charge is -2.14. The lowest BCUT2D eigenvalue weighted by atomic mass is 9.91. The quantitative estimate of drug-likeness (QED) is 0.0772. The summed E-state index contributed by atoms with van der Waals surface area (Å²) in [6, 6.07) is 29.8. The number of fused-ring (bicyclic) bond motifs is 3. The van der Waals surface area contributed by atoms with Gasteiger partial charge < -0.3 is 18.9 Å². The van der Waals surface area contributed by atoms with Crippen LogP contribution in [0.4, 0.5) is 0 Å². The maximum Gasteiger partial charge on any atom is 0.330 e. The highest BCUT2D eigenvalue weighted by Gasteiger charge is 2.28. The molecular formula is C39H38O6. The summed E-state index contributed by atoms with van der Waals surface area (Å²) in [6.07, 6.45) is 4.56. The van der Waals surface area contributed by atoms with E-state index in [-0.39, 0.29) is 0 Å². The van der Waals surface area contributed by atoms with Crippen LogP contribution in [0.3, 0.4) is 0 Å². The molecule has 0 aromatic heterocycles. The normalized spacial score (nSPS) is 11.7. The Kier molecular flexibility index (Phi) is 10.5. The summed E-state index contributed by atoms with van der Waals surface area (Å²) in [5.74, 6) is 1.06. The lowest BCUT2D eigenvalue weighted by Crippen LogP contribution is -2.06. The van der Waals surface area contributed by atoms with Crippen molar-refractivity contribution in [2.24, 2.45) is 0 Å². The van der Waals surface area contributed by atoms with E-state index in [1.165, 1.54) is 33.4 Å². The highest BCUT2D eigenvalue weighted by molar-refractivity contribution is 5.84. The van der Waals surface area contributed by atoms with E-state index in [4.69, 9.17) is 18.9 Å². The smallest absolute Gasteiger partial charge is 0.330 e. The third-order valence-corrected chi connectivity index (χ3v) is 7.86. The van der Waals surface area contributed by atoms with Crippen molar-refractivity contribution in [3.63, 3.8) is 0 Å². The molecule has 0 amide bonds. The first-order valence-corrected chi connectivity index (χ1v) is 15.3. The minimum absolute atomic E-state index is 0.307. The average Bonchev–Trinajstić information content (AvgIpc) is 3.40. The molecule has 4 aromatic carbocycles. The monoisotopic (exact) mass is 602 g/mol. The zero-order valence-corrected chi connectivity index (χ0v) is 25.6.